The predicted octanol–water partition coefficient (Wildman–Crippen LogP) is 3.35. The van der Waals surface area contributed by atoms with Gasteiger partial charge in [-0.1, -0.05) is 51.4 Å². The molecule has 1 aliphatic rings. The Hall–Kier alpha value is -0.120. The molecule has 0 aromatic rings. The van der Waals surface area contributed by atoms with Crippen LogP contribution in [0.5, 0.6) is 0 Å². The van der Waals surface area contributed by atoms with Crippen LogP contribution in [0.4, 0.5) is 0 Å². The van der Waals surface area contributed by atoms with Gasteiger partial charge in [0.1, 0.15) is 0 Å². The third-order valence-electron chi connectivity index (χ3n) is 2.87. The lowest BCUT2D eigenvalue weighted by molar-refractivity contribution is -0.336. The molecule has 3 heteroatoms. The topological polar surface area (TPSA) is 30.5 Å². The Morgan fingerprint density at radius 3 is 1.80 bits per heavy atom. The molecule has 0 aromatic carbocycles. The minimum absolute atomic E-state index is 0.715. The second-order valence-electron chi connectivity index (χ2n) is 4.34. The lowest BCUT2D eigenvalue weighted by Crippen LogP contribution is -2.16. The third-order valence-corrected chi connectivity index (χ3v) is 2.87. The fourth-order valence-electron chi connectivity index (χ4n) is 1.90. The molecule has 0 atom stereocenters. The highest BCUT2D eigenvalue weighted by Gasteiger charge is 1.96. The summed E-state index contributed by atoms with van der Waals surface area (Å²) >= 11 is 0. The molecule has 1 heterocycles. The van der Waals surface area contributed by atoms with Gasteiger partial charge < -0.3 is 0 Å². The fourth-order valence-corrected chi connectivity index (χ4v) is 1.90. The van der Waals surface area contributed by atoms with Crippen LogP contribution in [0.2, 0.25) is 0 Å². The van der Waals surface area contributed by atoms with E-state index in [2.05, 4.69) is 5.48 Å². The molecule has 0 saturated carbocycles. The van der Waals surface area contributed by atoms with Crippen LogP contribution in [0.25, 0.3) is 0 Å². The largest absolute Gasteiger partial charge is 0.218 e. The van der Waals surface area contributed by atoms with Crippen molar-refractivity contribution in [3.8, 4) is 0 Å². The van der Waals surface area contributed by atoms with Gasteiger partial charge in [0, 0.05) is 6.54 Å². The van der Waals surface area contributed by atoms with E-state index >= 15 is 0 Å². The van der Waals surface area contributed by atoms with Gasteiger partial charge in [0.25, 0.3) is 0 Å². The van der Waals surface area contributed by atoms with Crippen LogP contribution in [-0.2, 0) is 9.88 Å². The number of rotatable bonds is 0. The van der Waals surface area contributed by atoms with Crippen molar-refractivity contribution >= 4 is 0 Å². The van der Waals surface area contributed by atoms with Gasteiger partial charge in [0.15, 0.2) is 0 Å². The molecule has 1 aliphatic heterocycles. The summed E-state index contributed by atoms with van der Waals surface area (Å²) in [5.74, 6) is 0. The van der Waals surface area contributed by atoms with E-state index < -0.39 is 0 Å². The van der Waals surface area contributed by atoms with Crippen molar-refractivity contribution in [2.45, 2.75) is 64.2 Å². The van der Waals surface area contributed by atoms with Gasteiger partial charge in [0.2, 0.25) is 0 Å². The van der Waals surface area contributed by atoms with Crippen molar-refractivity contribution in [1.29, 1.82) is 0 Å². The number of nitrogens with one attached hydrogen (secondary N) is 1. The molecule has 15 heavy (non-hydrogen) atoms. The van der Waals surface area contributed by atoms with Gasteiger partial charge in [-0.15, -0.1) is 4.99 Å². The standard InChI is InChI=1S/C12H25NO2/c1-2-4-6-8-10-12-14-15-13-11-9-7-5-3-1/h13H,1-12H2. The molecular weight excluding hydrogens is 190 g/mol. The third kappa shape index (κ3) is 8.85. The van der Waals surface area contributed by atoms with Crippen LogP contribution in [-0.4, -0.2) is 13.2 Å². The first kappa shape index (κ1) is 12.9. The monoisotopic (exact) mass is 215 g/mol. The van der Waals surface area contributed by atoms with Crippen molar-refractivity contribution in [2.75, 3.05) is 13.2 Å². The summed E-state index contributed by atoms with van der Waals surface area (Å²) in [6, 6.07) is 0. The van der Waals surface area contributed by atoms with Gasteiger partial charge in [-0.3, -0.25) is 0 Å². The normalized spacial score (nSPS) is 24.0. The van der Waals surface area contributed by atoms with E-state index in [1.54, 1.807) is 0 Å². The maximum absolute atomic E-state index is 5.00. The average Bonchev–Trinajstić information content (AvgIpc) is 2.27. The Morgan fingerprint density at radius 2 is 1.13 bits per heavy atom. The smallest absolute Gasteiger partial charge is 0.0842 e. The molecule has 0 spiro atoms. The molecule has 1 N–H and O–H groups in total. The summed E-state index contributed by atoms with van der Waals surface area (Å²) < 4.78 is 0. The molecule has 0 amide bonds. The quantitative estimate of drug-likeness (QED) is 0.629. The van der Waals surface area contributed by atoms with Crippen molar-refractivity contribution in [3.63, 3.8) is 0 Å². The van der Waals surface area contributed by atoms with Crippen LogP contribution in [0.1, 0.15) is 64.2 Å². The molecule has 90 valence electrons. The maximum Gasteiger partial charge on any atom is 0.0842 e. The van der Waals surface area contributed by atoms with Gasteiger partial charge >= 0.3 is 0 Å². The van der Waals surface area contributed by atoms with Gasteiger partial charge in [-0.05, 0) is 12.8 Å². The van der Waals surface area contributed by atoms with Crippen molar-refractivity contribution in [3.05, 3.63) is 0 Å². The summed E-state index contributed by atoms with van der Waals surface area (Å²) in [5.41, 5.74) is 2.83. The molecular formula is C12H25NO2. The molecule has 0 unspecified atom stereocenters. The minimum Gasteiger partial charge on any atom is -0.218 e. The van der Waals surface area contributed by atoms with Crippen molar-refractivity contribution in [2.24, 2.45) is 0 Å². The summed E-state index contributed by atoms with van der Waals surface area (Å²) in [6.45, 7) is 1.62. The molecule has 3 nitrogen and oxygen atoms in total. The molecule has 0 bridgehead atoms. The summed E-state index contributed by atoms with van der Waals surface area (Å²) in [5, 5.41) is 0. The second kappa shape index (κ2) is 10.4. The molecule has 0 radical (unpaired) electrons. The minimum atomic E-state index is 0.715. The first-order valence-electron chi connectivity index (χ1n) is 6.51. The first-order valence-corrected chi connectivity index (χ1v) is 6.51. The van der Waals surface area contributed by atoms with Crippen molar-refractivity contribution < 1.29 is 9.88 Å². The second-order valence-corrected chi connectivity index (χ2v) is 4.34. The van der Waals surface area contributed by atoms with Crippen LogP contribution < -0.4 is 5.48 Å². The van der Waals surface area contributed by atoms with E-state index in [9.17, 15) is 0 Å². The van der Waals surface area contributed by atoms with Crippen molar-refractivity contribution in [1.82, 2.24) is 5.48 Å². The lowest BCUT2D eigenvalue weighted by atomic mass is 10.1. The van der Waals surface area contributed by atoms with Crippen LogP contribution in [0.15, 0.2) is 0 Å². The van der Waals surface area contributed by atoms with E-state index in [0.717, 1.165) is 13.0 Å². The molecule has 1 rings (SSSR count). The van der Waals surface area contributed by atoms with Crippen LogP contribution in [0.3, 0.4) is 0 Å². The molecule has 1 fully saturated rings. The Morgan fingerprint density at radius 1 is 0.600 bits per heavy atom. The van der Waals surface area contributed by atoms with E-state index in [-0.39, 0.29) is 0 Å². The van der Waals surface area contributed by atoms with E-state index in [4.69, 9.17) is 9.88 Å². The highest BCUT2D eigenvalue weighted by atomic mass is 17.3. The predicted molar refractivity (Wildman–Crippen MR) is 61.2 cm³/mol. The average molecular weight is 215 g/mol. The number of hydroxylamine groups is 1. The first-order chi connectivity index (χ1) is 7.50. The maximum atomic E-state index is 5.00. The summed E-state index contributed by atoms with van der Waals surface area (Å²) in [6.07, 6.45) is 13.2. The molecule has 1 saturated heterocycles. The van der Waals surface area contributed by atoms with Crippen LogP contribution in [0, 0.1) is 0 Å². The Bertz CT molecular complexity index is 72.2. The zero-order valence-corrected chi connectivity index (χ0v) is 9.80. The number of hydrogen-bond donors (Lipinski definition) is 1. The zero-order chi connectivity index (χ0) is 10.6. The Labute approximate surface area is 93.4 Å². The lowest BCUT2D eigenvalue weighted by Gasteiger charge is -2.04. The Kier molecular flexibility index (Phi) is 8.98. The molecule has 0 aromatic heterocycles. The van der Waals surface area contributed by atoms with Gasteiger partial charge in [-0.25, -0.2) is 4.89 Å². The summed E-state index contributed by atoms with van der Waals surface area (Å²) in [4.78, 5) is 9.86. The van der Waals surface area contributed by atoms with Crippen LogP contribution >= 0.6 is 0 Å². The zero-order valence-electron chi connectivity index (χ0n) is 9.80. The summed E-state index contributed by atoms with van der Waals surface area (Å²) in [7, 11) is 0. The van der Waals surface area contributed by atoms with E-state index in [1.807, 2.05) is 0 Å². The highest BCUT2D eigenvalue weighted by molar-refractivity contribution is 4.48. The number of hydrogen-bond acceptors (Lipinski definition) is 3. The molecule has 0 aliphatic carbocycles. The van der Waals surface area contributed by atoms with E-state index in [1.165, 1.54) is 57.8 Å². The Balaban J connectivity index is 2.01. The van der Waals surface area contributed by atoms with Gasteiger partial charge in [0.05, 0.1) is 6.61 Å². The van der Waals surface area contributed by atoms with Gasteiger partial charge in [-0.2, -0.15) is 5.48 Å². The van der Waals surface area contributed by atoms with E-state index in [0.29, 0.717) is 6.61 Å². The fraction of sp³-hybridized carbons (Fsp3) is 1.00. The highest BCUT2D eigenvalue weighted by Crippen LogP contribution is 2.10. The SMILES string of the molecule is C1CCCCCCOONCCCCC1.